The number of hydrogen-bond acceptors (Lipinski definition) is 4. The number of rotatable bonds is 4. The van der Waals surface area contributed by atoms with E-state index in [1.54, 1.807) is 37.3 Å². The van der Waals surface area contributed by atoms with E-state index in [1.807, 2.05) is 51.1 Å². The first-order valence-corrected chi connectivity index (χ1v) is 11.7. The summed E-state index contributed by atoms with van der Waals surface area (Å²) in [6.07, 6.45) is 1.51. The van der Waals surface area contributed by atoms with Crippen LogP contribution in [0.4, 0.5) is 5.69 Å². The lowest BCUT2D eigenvalue weighted by molar-refractivity contribution is 0.103. The minimum absolute atomic E-state index is 0.170. The lowest BCUT2D eigenvalue weighted by atomic mass is 9.92. The second kappa shape index (κ2) is 8.20. The number of nitrogens with zero attached hydrogens (tertiary/aromatic N) is 1. The van der Waals surface area contributed by atoms with E-state index in [-0.39, 0.29) is 22.1 Å². The molecule has 1 aliphatic rings. The van der Waals surface area contributed by atoms with E-state index in [4.69, 9.17) is 0 Å². The Labute approximate surface area is 188 Å². The summed E-state index contributed by atoms with van der Waals surface area (Å²) in [4.78, 5) is 13.3. The van der Waals surface area contributed by atoms with Crippen molar-refractivity contribution in [2.24, 2.45) is 4.40 Å². The lowest BCUT2D eigenvalue weighted by Crippen LogP contribution is -2.22. The van der Waals surface area contributed by atoms with Crippen LogP contribution >= 0.6 is 0 Å². The topological polar surface area (TPSA) is 75.6 Å². The van der Waals surface area contributed by atoms with Gasteiger partial charge in [0.25, 0.3) is 10.0 Å². The van der Waals surface area contributed by atoms with Crippen molar-refractivity contribution in [1.82, 2.24) is 0 Å². The molecule has 0 bridgehead atoms. The molecule has 0 aliphatic heterocycles. The zero-order valence-corrected chi connectivity index (χ0v) is 19.2. The third kappa shape index (κ3) is 4.14. The third-order valence-electron chi connectivity index (χ3n) is 5.56. The van der Waals surface area contributed by atoms with Crippen LogP contribution in [0.15, 0.2) is 81.7 Å². The van der Waals surface area contributed by atoms with E-state index in [1.165, 1.54) is 6.08 Å². The summed E-state index contributed by atoms with van der Waals surface area (Å²) in [6.45, 7) is 7.54. The summed E-state index contributed by atoms with van der Waals surface area (Å²) in [5.74, 6) is -0.208. The number of hydrogen-bond donors (Lipinski definition) is 1. The molecule has 1 N–H and O–H groups in total. The number of benzene rings is 3. The van der Waals surface area contributed by atoms with Crippen molar-refractivity contribution in [3.8, 4) is 0 Å². The fourth-order valence-corrected chi connectivity index (χ4v) is 5.07. The Kier molecular flexibility index (Phi) is 5.57. The van der Waals surface area contributed by atoms with Crippen LogP contribution in [0.1, 0.15) is 38.2 Å². The van der Waals surface area contributed by atoms with Crippen molar-refractivity contribution in [1.29, 1.82) is 0 Å². The standard InChI is InChI=1S/C26H24N2O3S/c1-16-8-7-9-20(12-16)27-24-15-23(21-10-5-6-11-22(21)26(24)29)28-32(30,31)25-14-18(3)17(2)13-19(25)4/h5-15,27H,1-4H3/b28-23+. The molecule has 162 valence electrons. The van der Waals surface area contributed by atoms with Gasteiger partial charge in [-0.3, -0.25) is 4.79 Å². The monoisotopic (exact) mass is 444 g/mol. The maximum absolute atomic E-state index is 13.3. The molecule has 0 atom stereocenters. The molecule has 0 fully saturated rings. The number of Topliss-reactive ketones (excluding diaryl/α,β-unsaturated/α-hetero) is 1. The lowest BCUT2D eigenvalue weighted by Gasteiger charge is -2.19. The molecule has 0 radical (unpaired) electrons. The number of aryl methyl sites for hydroxylation is 4. The van der Waals surface area contributed by atoms with Crippen LogP contribution in [0.25, 0.3) is 0 Å². The number of carbonyl (C=O) groups excluding carboxylic acids is 1. The van der Waals surface area contributed by atoms with Gasteiger partial charge in [-0.2, -0.15) is 12.8 Å². The summed E-state index contributed by atoms with van der Waals surface area (Å²) in [5, 5.41) is 3.13. The van der Waals surface area contributed by atoms with Crippen molar-refractivity contribution in [3.63, 3.8) is 0 Å². The van der Waals surface area contributed by atoms with Crippen LogP contribution in [0, 0.1) is 27.7 Å². The van der Waals surface area contributed by atoms with E-state index in [0.29, 0.717) is 16.7 Å². The maximum Gasteiger partial charge on any atom is 0.283 e. The van der Waals surface area contributed by atoms with Gasteiger partial charge in [-0.25, -0.2) is 0 Å². The minimum atomic E-state index is -3.99. The summed E-state index contributed by atoms with van der Waals surface area (Å²) in [7, 11) is -3.99. The highest BCUT2D eigenvalue weighted by molar-refractivity contribution is 7.90. The van der Waals surface area contributed by atoms with Crippen LogP contribution in [-0.4, -0.2) is 19.9 Å². The molecule has 5 nitrogen and oxygen atoms in total. The molecular weight excluding hydrogens is 420 g/mol. The Balaban J connectivity index is 1.85. The Bertz CT molecular complexity index is 1420. The first-order chi connectivity index (χ1) is 15.2. The van der Waals surface area contributed by atoms with Gasteiger partial charge < -0.3 is 5.32 Å². The molecule has 0 saturated carbocycles. The van der Waals surface area contributed by atoms with E-state index >= 15 is 0 Å². The quantitative estimate of drug-likeness (QED) is 0.593. The number of carbonyl (C=O) groups is 1. The number of sulfonamides is 1. The zero-order chi connectivity index (χ0) is 23.0. The molecule has 0 unspecified atom stereocenters. The number of ketones is 1. The predicted molar refractivity (Wildman–Crippen MR) is 128 cm³/mol. The van der Waals surface area contributed by atoms with Crippen LogP contribution < -0.4 is 5.32 Å². The Morgan fingerprint density at radius 2 is 1.47 bits per heavy atom. The van der Waals surface area contributed by atoms with Gasteiger partial charge in [-0.15, -0.1) is 0 Å². The second-order valence-corrected chi connectivity index (χ2v) is 9.65. The average Bonchev–Trinajstić information content (AvgIpc) is 2.74. The van der Waals surface area contributed by atoms with Crippen molar-refractivity contribution in [2.45, 2.75) is 32.6 Å². The van der Waals surface area contributed by atoms with Crippen LogP contribution in [0.3, 0.4) is 0 Å². The van der Waals surface area contributed by atoms with Gasteiger partial charge in [0.15, 0.2) is 0 Å². The first-order valence-electron chi connectivity index (χ1n) is 10.3. The molecule has 3 aromatic carbocycles. The van der Waals surface area contributed by atoms with Crippen molar-refractivity contribution < 1.29 is 13.2 Å². The van der Waals surface area contributed by atoms with E-state index < -0.39 is 10.0 Å². The molecular formula is C26H24N2O3S. The molecule has 6 heteroatoms. The van der Waals surface area contributed by atoms with Crippen LogP contribution in [0.5, 0.6) is 0 Å². The molecule has 0 spiro atoms. The number of nitrogens with one attached hydrogen (secondary N) is 1. The number of fused-ring (bicyclic) bond motifs is 1. The van der Waals surface area contributed by atoms with Crippen LogP contribution in [-0.2, 0) is 10.0 Å². The largest absolute Gasteiger partial charge is 0.352 e. The van der Waals surface area contributed by atoms with Crippen molar-refractivity contribution in [3.05, 3.63) is 106 Å². The molecule has 4 rings (SSSR count). The molecule has 1 aliphatic carbocycles. The highest BCUT2D eigenvalue weighted by Crippen LogP contribution is 2.27. The van der Waals surface area contributed by atoms with E-state index in [0.717, 1.165) is 22.4 Å². The fourth-order valence-electron chi connectivity index (χ4n) is 3.77. The summed E-state index contributed by atoms with van der Waals surface area (Å²) in [5.41, 5.74) is 5.75. The molecule has 0 saturated heterocycles. The van der Waals surface area contributed by atoms with Gasteiger partial charge in [-0.1, -0.05) is 42.5 Å². The highest BCUT2D eigenvalue weighted by atomic mass is 32.2. The van der Waals surface area contributed by atoms with Gasteiger partial charge in [0.1, 0.15) is 0 Å². The van der Waals surface area contributed by atoms with E-state index in [2.05, 4.69) is 9.71 Å². The number of allylic oxidation sites excluding steroid dienone is 2. The maximum atomic E-state index is 13.3. The van der Waals surface area contributed by atoms with Crippen molar-refractivity contribution >= 4 is 27.2 Å². The predicted octanol–water partition coefficient (Wildman–Crippen LogP) is 5.29. The molecule has 0 amide bonds. The smallest absolute Gasteiger partial charge is 0.283 e. The molecule has 32 heavy (non-hydrogen) atoms. The minimum Gasteiger partial charge on any atom is -0.352 e. The molecule has 0 heterocycles. The van der Waals surface area contributed by atoms with Gasteiger partial charge in [0, 0.05) is 16.8 Å². The third-order valence-corrected chi connectivity index (χ3v) is 6.99. The second-order valence-electron chi connectivity index (χ2n) is 8.08. The average molecular weight is 445 g/mol. The molecule has 0 aromatic heterocycles. The van der Waals surface area contributed by atoms with Gasteiger partial charge >= 0.3 is 0 Å². The SMILES string of the molecule is Cc1cccc(NC2=C/C(=N\S(=O)(=O)c3cc(C)c(C)cc3C)c3ccccc3C2=O)c1. The Hall–Kier alpha value is -3.51. The summed E-state index contributed by atoms with van der Waals surface area (Å²) in [6, 6.07) is 18.1. The Morgan fingerprint density at radius 3 is 2.19 bits per heavy atom. The Morgan fingerprint density at radius 1 is 0.781 bits per heavy atom. The first kappa shape index (κ1) is 21.7. The highest BCUT2D eigenvalue weighted by Gasteiger charge is 2.27. The zero-order valence-electron chi connectivity index (χ0n) is 18.4. The fraction of sp³-hybridized carbons (Fsp3) is 0.154. The summed E-state index contributed by atoms with van der Waals surface area (Å²) >= 11 is 0. The molecule has 3 aromatic rings. The van der Waals surface area contributed by atoms with E-state index in [9.17, 15) is 13.2 Å². The van der Waals surface area contributed by atoms with Gasteiger partial charge in [-0.05, 0) is 74.2 Å². The number of anilines is 1. The van der Waals surface area contributed by atoms with Gasteiger partial charge in [0.2, 0.25) is 5.78 Å². The van der Waals surface area contributed by atoms with Crippen LogP contribution in [0.2, 0.25) is 0 Å². The summed E-state index contributed by atoms with van der Waals surface area (Å²) < 4.78 is 30.7. The normalized spacial score (nSPS) is 14.8. The van der Waals surface area contributed by atoms with Gasteiger partial charge in [0.05, 0.1) is 16.3 Å². The van der Waals surface area contributed by atoms with Crippen molar-refractivity contribution in [2.75, 3.05) is 5.32 Å².